The zero-order chi connectivity index (χ0) is 10.7. The molecule has 0 unspecified atom stereocenters. The van der Waals surface area contributed by atoms with Crippen LogP contribution in [0.15, 0.2) is 6.07 Å². The van der Waals surface area contributed by atoms with Gasteiger partial charge in [-0.3, -0.25) is 0 Å². The Morgan fingerprint density at radius 1 is 1.57 bits per heavy atom. The Bertz CT molecular complexity index is 295. The predicted octanol–water partition coefficient (Wildman–Crippen LogP) is 0.184. The topological polar surface area (TPSA) is 75.3 Å². The van der Waals surface area contributed by atoms with Crippen molar-refractivity contribution in [2.45, 2.75) is 19.9 Å². The number of likely N-dealkylation sites (N-methyl/N-ethyl adjacent to an activating group) is 1. The van der Waals surface area contributed by atoms with Gasteiger partial charge in [0.15, 0.2) is 0 Å². The molecule has 1 atom stereocenters. The lowest BCUT2D eigenvalue weighted by atomic mass is 10.3. The van der Waals surface area contributed by atoms with Gasteiger partial charge >= 0.3 is 0 Å². The lowest BCUT2D eigenvalue weighted by Gasteiger charge is -2.24. The van der Waals surface area contributed by atoms with Crippen LogP contribution in [-0.2, 0) is 0 Å². The van der Waals surface area contributed by atoms with Crippen LogP contribution in [0.1, 0.15) is 12.6 Å². The quantitative estimate of drug-likeness (QED) is 0.721. The van der Waals surface area contributed by atoms with Crippen LogP contribution >= 0.6 is 0 Å². The Morgan fingerprint density at radius 2 is 2.21 bits per heavy atom. The summed E-state index contributed by atoms with van der Waals surface area (Å²) in [5, 5.41) is 8.99. The molecule has 0 spiro atoms. The largest absolute Gasteiger partial charge is 0.394 e. The van der Waals surface area contributed by atoms with Crippen molar-refractivity contribution in [1.82, 2.24) is 9.97 Å². The zero-order valence-electron chi connectivity index (χ0n) is 8.73. The van der Waals surface area contributed by atoms with E-state index in [1.54, 1.807) is 0 Å². The molecule has 1 heterocycles. The standard InChI is InChI=1S/C9H16N4O/c1-6-4-8(12-9(10)11-6)13(3)7(2)5-14/h4,7,14H,5H2,1-3H3,(H2,10,11,12)/t7-/m1/s1. The van der Waals surface area contributed by atoms with Gasteiger partial charge in [0, 0.05) is 18.8 Å². The van der Waals surface area contributed by atoms with Crippen LogP contribution < -0.4 is 10.6 Å². The van der Waals surface area contributed by atoms with Crippen molar-refractivity contribution in [3.8, 4) is 0 Å². The summed E-state index contributed by atoms with van der Waals surface area (Å²) < 4.78 is 0. The molecule has 0 bridgehead atoms. The van der Waals surface area contributed by atoms with E-state index >= 15 is 0 Å². The second kappa shape index (κ2) is 4.23. The smallest absolute Gasteiger partial charge is 0.222 e. The van der Waals surface area contributed by atoms with Gasteiger partial charge in [0.25, 0.3) is 0 Å². The third-order valence-electron chi connectivity index (χ3n) is 2.14. The summed E-state index contributed by atoms with van der Waals surface area (Å²) in [5.74, 6) is 0.994. The molecule has 1 aromatic heterocycles. The number of rotatable bonds is 3. The third kappa shape index (κ3) is 2.32. The van der Waals surface area contributed by atoms with E-state index in [1.165, 1.54) is 0 Å². The minimum Gasteiger partial charge on any atom is -0.394 e. The van der Waals surface area contributed by atoms with E-state index in [0.717, 1.165) is 11.5 Å². The first kappa shape index (κ1) is 10.7. The summed E-state index contributed by atoms with van der Waals surface area (Å²) in [6.07, 6.45) is 0. The van der Waals surface area contributed by atoms with E-state index in [2.05, 4.69) is 9.97 Å². The van der Waals surface area contributed by atoms with Crippen molar-refractivity contribution in [2.75, 3.05) is 24.3 Å². The molecule has 0 amide bonds. The fourth-order valence-electron chi connectivity index (χ4n) is 1.10. The van der Waals surface area contributed by atoms with Gasteiger partial charge < -0.3 is 15.7 Å². The van der Waals surface area contributed by atoms with Crippen LogP contribution in [0, 0.1) is 6.92 Å². The molecule has 5 heteroatoms. The Kier molecular flexibility index (Phi) is 3.24. The number of nitrogen functional groups attached to an aromatic ring is 1. The predicted molar refractivity (Wildman–Crippen MR) is 56.1 cm³/mol. The lowest BCUT2D eigenvalue weighted by Crippen LogP contribution is -2.32. The molecule has 0 saturated heterocycles. The minimum absolute atomic E-state index is 0.0173. The second-order valence-electron chi connectivity index (χ2n) is 3.37. The number of hydrogen-bond donors (Lipinski definition) is 2. The van der Waals surface area contributed by atoms with Crippen LogP contribution in [0.3, 0.4) is 0 Å². The van der Waals surface area contributed by atoms with E-state index in [9.17, 15) is 0 Å². The van der Waals surface area contributed by atoms with Crippen LogP contribution in [-0.4, -0.2) is 34.8 Å². The highest BCUT2D eigenvalue weighted by molar-refractivity contribution is 5.43. The Morgan fingerprint density at radius 3 is 2.71 bits per heavy atom. The SMILES string of the molecule is Cc1cc(N(C)[C@H](C)CO)nc(N)n1. The summed E-state index contributed by atoms with van der Waals surface area (Å²) in [5.41, 5.74) is 6.35. The van der Waals surface area contributed by atoms with Crippen molar-refractivity contribution >= 4 is 11.8 Å². The van der Waals surface area contributed by atoms with Crippen molar-refractivity contribution in [2.24, 2.45) is 0 Å². The van der Waals surface area contributed by atoms with Crippen molar-refractivity contribution in [1.29, 1.82) is 0 Å². The maximum absolute atomic E-state index is 8.99. The van der Waals surface area contributed by atoms with Gasteiger partial charge in [0.1, 0.15) is 5.82 Å². The number of aromatic nitrogens is 2. The van der Waals surface area contributed by atoms with E-state index in [-0.39, 0.29) is 18.6 Å². The molecule has 0 aromatic carbocycles. The van der Waals surface area contributed by atoms with Crippen LogP contribution in [0.25, 0.3) is 0 Å². The summed E-state index contributed by atoms with van der Waals surface area (Å²) in [6, 6.07) is 1.85. The highest BCUT2D eigenvalue weighted by Gasteiger charge is 2.10. The van der Waals surface area contributed by atoms with Gasteiger partial charge in [-0.15, -0.1) is 0 Å². The first-order valence-electron chi connectivity index (χ1n) is 4.49. The molecule has 0 aliphatic heterocycles. The van der Waals surface area contributed by atoms with E-state index in [4.69, 9.17) is 10.8 Å². The van der Waals surface area contributed by atoms with Gasteiger partial charge in [-0.2, -0.15) is 4.98 Å². The number of hydrogen-bond acceptors (Lipinski definition) is 5. The normalized spacial score (nSPS) is 12.6. The monoisotopic (exact) mass is 196 g/mol. The van der Waals surface area contributed by atoms with Gasteiger partial charge in [-0.1, -0.05) is 0 Å². The van der Waals surface area contributed by atoms with Crippen molar-refractivity contribution in [3.05, 3.63) is 11.8 Å². The molecular weight excluding hydrogens is 180 g/mol. The summed E-state index contributed by atoms with van der Waals surface area (Å²) >= 11 is 0. The highest BCUT2D eigenvalue weighted by Crippen LogP contribution is 2.13. The molecule has 0 aliphatic rings. The number of aliphatic hydroxyl groups excluding tert-OH is 1. The van der Waals surface area contributed by atoms with Gasteiger partial charge in [0.2, 0.25) is 5.95 Å². The second-order valence-corrected chi connectivity index (χ2v) is 3.37. The van der Waals surface area contributed by atoms with E-state index < -0.39 is 0 Å². The van der Waals surface area contributed by atoms with E-state index in [1.807, 2.05) is 31.9 Å². The van der Waals surface area contributed by atoms with Gasteiger partial charge in [0.05, 0.1) is 12.6 Å². The summed E-state index contributed by atoms with van der Waals surface area (Å²) in [4.78, 5) is 9.93. The molecule has 78 valence electrons. The van der Waals surface area contributed by atoms with Crippen LogP contribution in [0.5, 0.6) is 0 Å². The number of aliphatic hydroxyl groups is 1. The maximum Gasteiger partial charge on any atom is 0.222 e. The summed E-state index contributed by atoms with van der Waals surface area (Å²) in [6.45, 7) is 3.85. The zero-order valence-corrected chi connectivity index (χ0v) is 8.73. The van der Waals surface area contributed by atoms with Crippen molar-refractivity contribution < 1.29 is 5.11 Å². The Labute approximate surface area is 83.6 Å². The van der Waals surface area contributed by atoms with Crippen LogP contribution in [0.4, 0.5) is 11.8 Å². The third-order valence-corrected chi connectivity index (χ3v) is 2.14. The maximum atomic E-state index is 8.99. The highest BCUT2D eigenvalue weighted by atomic mass is 16.3. The summed E-state index contributed by atoms with van der Waals surface area (Å²) in [7, 11) is 1.86. The van der Waals surface area contributed by atoms with Crippen LogP contribution in [0.2, 0.25) is 0 Å². The Hall–Kier alpha value is -1.36. The van der Waals surface area contributed by atoms with E-state index in [0.29, 0.717) is 0 Å². The fraction of sp³-hybridized carbons (Fsp3) is 0.556. The molecule has 0 aliphatic carbocycles. The molecular formula is C9H16N4O. The fourth-order valence-corrected chi connectivity index (χ4v) is 1.10. The average molecular weight is 196 g/mol. The van der Waals surface area contributed by atoms with Gasteiger partial charge in [-0.25, -0.2) is 4.98 Å². The first-order chi connectivity index (χ1) is 6.54. The molecule has 3 N–H and O–H groups in total. The number of nitrogens with zero attached hydrogens (tertiary/aromatic N) is 3. The minimum atomic E-state index is 0.0173. The molecule has 1 aromatic rings. The number of nitrogens with two attached hydrogens (primary N) is 1. The first-order valence-corrected chi connectivity index (χ1v) is 4.49. The average Bonchev–Trinajstić information content (AvgIpc) is 2.14. The molecule has 0 fully saturated rings. The Balaban J connectivity index is 2.94. The molecule has 0 saturated carbocycles. The van der Waals surface area contributed by atoms with Gasteiger partial charge in [-0.05, 0) is 13.8 Å². The molecule has 0 radical (unpaired) electrons. The molecule has 1 rings (SSSR count). The molecule has 5 nitrogen and oxygen atoms in total. The number of aryl methyl sites for hydroxylation is 1. The molecule has 14 heavy (non-hydrogen) atoms. The number of anilines is 2. The lowest BCUT2D eigenvalue weighted by molar-refractivity contribution is 0.270. The van der Waals surface area contributed by atoms with Crippen molar-refractivity contribution in [3.63, 3.8) is 0 Å².